The van der Waals surface area contributed by atoms with E-state index >= 15 is 0 Å². The summed E-state index contributed by atoms with van der Waals surface area (Å²) >= 11 is 0. The normalized spacial score (nSPS) is 16.2. The van der Waals surface area contributed by atoms with E-state index in [4.69, 9.17) is 19.3 Å². The first-order valence-electron chi connectivity index (χ1n) is 8.91. The van der Waals surface area contributed by atoms with Gasteiger partial charge in [0.25, 0.3) is 11.8 Å². The summed E-state index contributed by atoms with van der Waals surface area (Å²) in [6.45, 7) is 3.39. The lowest BCUT2D eigenvalue weighted by atomic mass is 10.2. The third-order valence-corrected chi connectivity index (χ3v) is 4.20. The summed E-state index contributed by atoms with van der Waals surface area (Å²) in [6.07, 6.45) is 2.10. The summed E-state index contributed by atoms with van der Waals surface area (Å²) < 4.78 is 16.9. The molecule has 0 aliphatic carbocycles. The maximum absolute atomic E-state index is 12.4. The average Bonchev–Trinajstić information content (AvgIpc) is 3.17. The summed E-state index contributed by atoms with van der Waals surface area (Å²) in [5.41, 5.74) is 0.795. The smallest absolute Gasteiger partial charge is 0.276 e. The molecule has 1 fully saturated rings. The Bertz CT molecular complexity index is 753. The first-order chi connectivity index (χ1) is 13.2. The minimum Gasteiger partial charge on any atom is -0.488 e. The van der Waals surface area contributed by atoms with Crippen LogP contribution in [-0.2, 0) is 11.4 Å². The number of aliphatic hydroxyl groups is 1. The Balaban J connectivity index is 1.49. The highest BCUT2D eigenvalue weighted by Crippen LogP contribution is 2.26. The Morgan fingerprint density at radius 2 is 2.07 bits per heavy atom. The number of benzene rings is 1. The summed E-state index contributed by atoms with van der Waals surface area (Å²) in [7, 11) is 0. The average molecular weight is 373 g/mol. The number of hydrogen-bond donors (Lipinski definition) is 1. The highest BCUT2D eigenvalue weighted by molar-refractivity contribution is 5.78. The zero-order valence-electron chi connectivity index (χ0n) is 15.2. The molecular weight excluding hydrogens is 350 g/mol. The van der Waals surface area contributed by atoms with Crippen molar-refractivity contribution in [3.63, 3.8) is 0 Å². The number of aliphatic hydroxyl groups excluding tert-OH is 1. The Hall–Kier alpha value is -2.87. The lowest BCUT2D eigenvalue weighted by molar-refractivity contribution is -0.132. The van der Waals surface area contributed by atoms with E-state index in [0.717, 1.165) is 5.56 Å². The molecule has 2 heterocycles. The number of aromatic nitrogens is 2. The maximum Gasteiger partial charge on any atom is 0.276 e. The Morgan fingerprint density at radius 3 is 2.81 bits per heavy atom. The van der Waals surface area contributed by atoms with Gasteiger partial charge in [0.1, 0.15) is 11.9 Å². The Labute approximate surface area is 157 Å². The SMILES string of the molecule is CCOc1ccnnc1OC1CCN(C(=O)COc2ccc(CO)cc2)C1. The topological polar surface area (TPSA) is 94.0 Å². The van der Waals surface area contributed by atoms with Gasteiger partial charge in [0.15, 0.2) is 12.4 Å². The van der Waals surface area contributed by atoms with Crippen molar-refractivity contribution < 1.29 is 24.1 Å². The molecule has 144 valence electrons. The molecule has 1 atom stereocenters. The van der Waals surface area contributed by atoms with E-state index in [-0.39, 0.29) is 25.2 Å². The standard InChI is InChI=1S/C19H23N3O5/c1-2-25-17-7-9-20-21-19(17)27-16-8-10-22(11-16)18(24)13-26-15-5-3-14(12-23)4-6-15/h3-7,9,16,23H,2,8,10-13H2,1H3. The second-order valence-corrected chi connectivity index (χ2v) is 6.09. The third-order valence-electron chi connectivity index (χ3n) is 4.20. The molecule has 0 bridgehead atoms. The number of likely N-dealkylation sites (tertiary alicyclic amines) is 1. The lowest BCUT2D eigenvalue weighted by Gasteiger charge is -2.18. The monoisotopic (exact) mass is 373 g/mol. The van der Waals surface area contributed by atoms with Gasteiger partial charge in [-0.2, -0.15) is 5.10 Å². The molecule has 8 heteroatoms. The molecule has 1 aromatic carbocycles. The van der Waals surface area contributed by atoms with Crippen LogP contribution < -0.4 is 14.2 Å². The van der Waals surface area contributed by atoms with Crippen LogP contribution in [-0.4, -0.2) is 58.5 Å². The van der Waals surface area contributed by atoms with Crippen LogP contribution >= 0.6 is 0 Å². The van der Waals surface area contributed by atoms with Crippen molar-refractivity contribution in [2.45, 2.75) is 26.1 Å². The molecule has 1 unspecified atom stereocenters. The molecule has 0 radical (unpaired) electrons. The van der Waals surface area contributed by atoms with Gasteiger partial charge in [0, 0.05) is 19.0 Å². The van der Waals surface area contributed by atoms with Gasteiger partial charge in [-0.1, -0.05) is 12.1 Å². The number of carbonyl (C=O) groups excluding carboxylic acids is 1. The van der Waals surface area contributed by atoms with Crippen molar-refractivity contribution in [2.75, 3.05) is 26.3 Å². The van der Waals surface area contributed by atoms with E-state index in [2.05, 4.69) is 10.2 Å². The van der Waals surface area contributed by atoms with Crippen LogP contribution in [0.3, 0.4) is 0 Å². The third kappa shape index (κ3) is 5.07. The van der Waals surface area contributed by atoms with Crippen molar-refractivity contribution in [1.82, 2.24) is 15.1 Å². The highest BCUT2D eigenvalue weighted by Gasteiger charge is 2.29. The fraction of sp³-hybridized carbons (Fsp3) is 0.421. The first-order valence-corrected chi connectivity index (χ1v) is 8.91. The van der Waals surface area contributed by atoms with Crippen LogP contribution in [0.15, 0.2) is 36.5 Å². The van der Waals surface area contributed by atoms with Crippen LogP contribution in [0.5, 0.6) is 17.4 Å². The van der Waals surface area contributed by atoms with Gasteiger partial charge in [0.05, 0.1) is 26.0 Å². The molecule has 2 aromatic rings. The van der Waals surface area contributed by atoms with Crippen LogP contribution in [0.4, 0.5) is 0 Å². The van der Waals surface area contributed by atoms with Crippen LogP contribution in [0.1, 0.15) is 18.9 Å². The molecular formula is C19H23N3O5. The van der Waals surface area contributed by atoms with Crippen molar-refractivity contribution in [3.05, 3.63) is 42.1 Å². The van der Waals surface area contributed by atoms with Gasteiger partial charge < -0.3 is 24.2 Å². The number of amides is 1. The van der Waals surface area contributed by atoms with E-state index in [0.29, 0.717) is 43.5 Å². The number of carbonyl (C=O) groups is 1. The lowest BCUT2D eigenvalue weighted by Crippen LogP contribution is -2.34. The maximum atomic E-state index is 12.4. The molecule has 1 aliphatic rings. The van der Waals surface area contributed by atoms with Crippen LogP contribution in [0.2, 0.25) is 0 Å². The Kier molecular flexibility index (Phi) is 6.43. The molecule has 1 aliphatic heterocycles. The number of ether oxygens (including phenoxy) is 3. The summed E-state index contributed by atoms with van der Waals surface area (Å²) in [4.78, 5) is 14.1. The van der Waals surface area contributed by atoms with E-state index in [1.807, 2.05) is 6.92 Å². The first kappa shape index (κ1) is 18.9. The van der Waals surface area contributed by atoms with Crippen molar-refractivity contribution in [1.29, 1.82) is 0 Å². The number of hydrogen-bond acceptors (Lipinski definition) is 7. The van der Waals surface area contributed by atoms with E-state index < -0.39 is 0 Å². The molecule has 0 spiro atoms. The summed E-state index contributed by atoms with van der Waals surface area (Å²) in [5.74, 6) is 1.38. The predicted molar refractivity (Wildman–Crippen MR) is 96.7 cm³/mol. The molecule has 1 amide bonds. The predicted octanol–water partition coefficient (Wildman–Crippen LogP) is 1.43. The molecule has 0 saturated carbocycles. The molecule has 1 saturated heterocycles. The largest absolute Gasteiger partial charge is 0.488 e. The summed E-state index contributed by atoms with van der Waals surface area (Å²) in [6, 6.07) is 8.70. The fourth-order valence-electron chi connectivity index (χ4n) is 2.79. The second kappa shape index (κ2) is 9.18. The number of rotatable bonds is 8. The molecule has 1 N–H and O–H groups in total. The van der Waals surface area contributed by atoms with Gasteiger partial charge in [-0.15, -0.1) is 5.10 Å². The zero-order valence-corrected chi connectivity index (χ0v) is 15.2. The fourth-order valence-corrected chi connectivity index (χ4v) is 2.79. The molecule has 27 heavy (non-hydrogen) atoms. The minimum absolute atomic E-state index is 0.0226. The van der Waals surface area contributed by atoms with Crippen molar-refractivity contribution in [2.24, 2.45) is 0 Å². The van der Waals surface area contributed by atoms with Gasteiger partial charge in [0.2, 0.25) is 0 Å². The van der Waals surface area contributed by atoms with E-state index in [9.17, 15) is 4.79 Å². The molecule has 1 aromatic heterocycles. The van der Waals surface area contributed by atoms with Gasteiger partial charge in [-0.25, -0.2) is 0 Å². The van der Waals surface area contributed by atoms with Gasteiger partial charge in [-0.3, -0.25) is 4.79 Å². The van der Waals surface area contributed by atoms with Crippen molar-refractivity contribution in [3.8, 4) is 17.4 Å². The van der Waals surface area contributed by atoms with Crippen LogP contribution in [0.25, 0.3) is 0 Å². The quantitative estimate of drug-likeness (QED) is 0.748. The zero-order chi connectivity index (χ0) is 19.1. The molecule has 3 rings (SSSR count). The van der Waals surface area contributed by atoms with Gasteiger partial charge >= 0.3 is 0 Å². The highest BCUT2D eigenvalue weighted by atomic mass is 16.5. The Morgan fingerprint density at radius 1 is 1.26 bits per heavy atom. The number of nitrogens with zero attached hydrogens (tertiary/aromatic N) is 3. The van der Waals surface area contributed by atoms with Gasteiger partial charge in [-0.05, 0) is 24.6 Å². The van der Waals surface area contributed by atoms with Crippen molar-refractivity contribution >= 4 is 5.91 Å². The van der Waals surface area contributed by atoms with E-state index in [1.54, 1.807) is 41.4 Å². The minimum atomic E-state index is -0.159. The van der Waals surface area contributed by atoms with Crippen LogP contribution in [0, 0.1) is 0 Å². The second-order valence-electron chi connectivity index (χ2n) is 6.09. The van der Waals surface area contributed by atoms with E-state index in [1.165, 1.54) is 0 Å². The summed E-state index contributed by atoms with van der Waals surface area (Å²) in [5, 5.41) is 16.8. The molecule has 8 nitrogen and oxygen atoms in total.